The predicted molar refractivity (Wildman–Crippen MR) is 85.6 cm³/mol. The lowest BCUT2D eigenvalue weighted by Crippen LogP contribution is -2.54. The van der Waals surface area contributed by atoms with Crippen LogP contribution >= 0.6 is 0 Å². The van der Waals surface area contributed by atoms with Gasteiger partial charge in [0.1, 0.15) is 10.5 Å². The zero-order valence-corrected chi connectivity index (χ0v) is 18.9. The topological polar surface area (TPSA) is 36.9 Å². The third kappa shape index (κ3) is 9.50. The third-order valence-electron chi connectivity index (χ3n) is 1.83. The van der Waals surface area contributed by atoms with Crippen LogP contribution in [0.5, 0.6) is 0 Å². The van der Waals surface area contributed by atoms with Crippen molar-refractivity contribution in [1.82, 2.24) is 0 Å². The van der Waals surface area contributed by atoms with Crippen molar-refractivity contribution in [3.05, 3.63) is 0 Å². The van der Waals surface area contributed by atoms with Gasteiger partial charge in [-0.05, 0) is 52.4 Å². The molecule has 0 bridgehead atoms. The second-order valence-electron chi connectivity index (χ2n) is 6.04. The normalized spacial score (nSPS) is 16.2. The van der Waals surface area contributed by atoms with E-state index in [0.29, 0.717) is 0 Å². The van der Waals surface area contributed by atoms with Crippen molar-refractivity contribution in [3.8, 4) is 0 Å². The van der Waals surface area contributed by atoms with Gasteiger partial charge in [0.25, 0.3) is 9.28 Å². The first-order chi connectivity index (χ1) is 7.37. The van der Waals surface area contributed by atoms with E-state index in [1.54, 1.807) is 0 Å². The highest BCUT2D eigenvalue weighted by Gasteiger charge is 2.39. The summed E-state index contributed by atoms with van der Waals surface area (Å²) in [5.74, 6) is 0. The molecule has 1 atom stereocenters. The first-order valence-corrected chi connectivity index (χ1v) is 17.9. The Morgan fingerprint density at radius 2 is 1.29 bits per heavy atom. The SMILES string of the molecule is C[SiH](O[SiH3])O[Si](C)(C)O[Si](C)(C)O[Si](C)(C)C. The molecule has 17 heavy (non-hydrogen) atoms. The van der Waals surface area contributed by atoms with Crippen LogP contribution in [0.3, 0.4) is 0 Å². The van der Waals surface area contributed by atoms with Gasteiger partial charge < -0.3 is 16.5 Å². The van der Waals surface area contributed by atoms with E-state index >= 15 is 0 Å². The lowest BCUT2D eigenvalue weighted by atomic mass is 11.8. The van der Waals surface area contributed by atoms with Crippen LogP contribution in [-0.4, -0.2) is 45.2 Å². The van der Waals surface area contributed by atoms with Crippen molar-refractivity contribution >= 4 is 45.2 Å². The molecule has 1 unspecified atom stereocenters. The zero-order chi connectivity index (χ0) is 13.9. The van der Waals surface area contributed by atoms with Crippen LogP contribution in [0.2, 0.25) is 52.4 Å². The van der Waals surface area contributed by atoms with Crippen molar-refractivity contribution in [3.63, 3.8) is 0 Å². The average Bonchev–Trinajstić information content (AvgIpc) is 1.94. The highest BCUT2D eigenvalue weighted by atomic mass is 28.5. The Balaban J connectivity index is 4.47. The van der Waals surface area contributed by atoms with Gasteiger partial charge in [0, 0.05) is 0 Å². The van der Waals surface area contributed by atoms with Gasteiger partial charge in [0.15, 0.2) is 8.32 Å². The van der Waals surface area contributed by atoms with Gasteiger partial charge in [-0.15, -0.1) is 0 Å². The zero-order valence-electron chi connectivity index (χ0n) is 12.7. The number of hydrogen-bond acceptors (Lipinski definition) is 4. The summed E-state index contributed by atoms with van der Waals surface area (Å²) in [6, 6.07) is 0. The van der Waals surface area contributed by atoms with E-state index in [9.17, 15) is 0 Å². The van der Waals surface area contributed by atoms with E-state index in [2.05, 4.69) is 52.4 Å². The Kier molecular flexibility index (Phi) is 6.73. The monoisotopic (exact) mass is 328 g/mol. The summed E-state index contributed by atoms with van der Waals surface area (Å²) in [7, 11) is -6.46. The molecule has 4 nitrogen and oxygen atoms in total. The van der Waals surface area contributed by atoms with Gasteiger partial charge in [-0.2, -0.15) is 0 Å². The molecule has 104 valence electrons. The molecular formula is C8H28O4Si5. The molecule has 0 saturated carbocycles. The molecule has 0 aliphatic heterocycles. The van der Waals surface area contributed by atoms with Crippen LogP contribution in [0.25, 0.3) is 0 Å². The first-order valence-electron chi connectivity index (χ1n) is 5.98. The highest BCUT2D eigenvalue weighted by Crippen LogP contribution is 2.21. The second kappa shape index (κ2) is 6.39. The molecule has 0 rings (SSSR count). The minimum absolute atomic E-state index is 0.742. The second-order valence-corrected chi connectivity index (χ2v) is 21.5. The third-order valence-corrected chi connectivity index (χ3v) is 16.4. The van der Waals surface area contributed by atoms with Gasteiger partial charge in [-0.25, -0.2) is 0 Å². The quantitative estimate of drug-likeness (QED) is 0.662. The van der Waals surface area contributed by atoms with Crippen molar-refractivity contribution in [1.29, 1.82) is 0 Å². The number of rotatable bonds is 7. The molecule has 0 aromatic rings. The summed E-state index contributed by atoms with van der Waals surface area (Å²) in [6.45, 7) is 17.0. The fourth-order valence-corrected chi connectivity index (χ4v) is 18.1. The molecular weight excluding hydrogens is 301 g/mol. The van der Waals surface area contributed by atoms with Gasteiger partial charge >= 0.3 is 17.1 Å². The lowest BCUT2D eigenvalue weighted by molar-refractivity contribution is 0.316. The van der Waals surface area contributed by atoms with E-state index in [-0.39, 0.29) is 0 Å². The largest absolute Gasteiger partial charge is 0.447 e. The smallest absolute Gasteiger partial charge is 0.313 e. The molecule has 0 radical (unpaired) electrons. The van der Waals surface area contributed by atoms with Crippen LogP contribution in [0, 0.1) is 0 Å². The summed E-state index contributed by atoms with van der Waals surface area (Å²) >= 11 is 0. The maximum atomic E-state index is 6.21. The van der Waals surface area contributed by atoms with E-state index in [1.165, 1.54) is 0 Å². The van der Waals surface area contributed by atoms with Crippen molar-refractivity contribution in [2.24, 2.45) is 0 Å². The molecule has 0 fully saturated rings. The molecule has 0 saturated heterocycles. The van der Waals surface area contributed by atoms with Gasteiger partial charge in [0.05, 0.1) is 0 Å². The minimum Gasteiger partial charge on any atom is -0.447 e. The van der Waals surface area contributed by atoms with Crippen molar-refractivity contribution in [2.45, 2.75) is 52.4 Å². The van der Waals surface area contributed by atoms with Gasteiger partial charge in [0.2, 0.25) is 0 Å². The summed E-state index contributed by atoms with van der Waals surface area (Å²) < 4.78 is 23.8. The molecule has 0 spiro atoms. The van der Waals surface area contributed by atoms with Crippen LogP contribution in [0.4, 0.5) is 0 Å². The highest BCUT2D eigenvalue weighted by molar-refractivity contribution is 6.87. The predicted octanol–water partition coefficient (Wildman–Crippen LogP) is 1.42. The minimum atomic E-state index is -2.10. The van der Waals surface area contributed by atoms with Crippen molar-refractivity contribution < 1.29 is 16.5 Å². The molecule has 0 aromatic heterocycles. The molecule has 0 aromatic carbocycles. The molecule has 0 aliphatic rings. The summed E-state index contributed by atoms with van der Waals surface area (Å²) in [6.07, 6.45) is 0. The Morgan fingerprint density at radius 1 is 0.824 bits per heavy atom. The van der Waals surface area contributed by atoms with Crippen LogP contribution in [-0.2, 0) is 16.5 Å². The average molecular weight is 329 g/mol. The van der Waals surface area contributed by atoms with Crippen LogP contribution in [0.15, 0.2) is 0 Å². The fraction of sp³-hybridized carbons (Fsp3) is 1.00. The fourth-order valence-electron chi connectivity index (χ4n) is 1.82. The van der Waals surface area contributed by atoms with Crippen LogP contribution < -0.4 is 0 Å². The van der Waals surface area contributed by atoms with E-state index in [1.807, 2.05) is 0 Å². The number of hydrogen-bond donors (Lipinski definition) is 0. The molecule has 0 heterocycles. The maximum Gasteiger partial charge on any atom is 0.313 e. The van der Waals surface area contributed by atoms with Gasteiger partial charge in [-0.3, -0.25) is 0 Å². The molecule has 0 amide bonds. The summed E-state index contributed by atoms with van der Waals surface area (Å²) in [5.41, 5.74) is 0. The molecule has 0 aliphatic carbocycles. The maximum absolute atomic E-state index is 6.21. The van der Waals surface area contributed by atoms with Crippen molar-refractivity contribution in [2.75, 3.05) is 0 Å². The van der Waals surface area contributed by atoms with E-state index < -0.39 is 34.7 Å². The molecule has 9 heteroatoms. The summed E-state index contributed by atoms with van der Waals surface area (Å²) in [4.78, 5) is 0. The summed E-state index contributed by atoms with van der Waals surface area (Å²) in [5, 5.41) is 0. The molecule has 0 N–H and O–H groups in total. The lowest BCUT2D eigenvalue weighted by Gasteiger charge is -2.37. The Morgan fingerprint density at radius 3 is 1.65 bits per heavy atom. The van der Waals surface area contributed by atoms with Crippen LogP contribution in [0.1, 0.15) is 0 Å². The Hall–Kier alpha value is 0.924. The van der Waals surface area contributed by atoms with E-state index in [0.717, 1.165) is 10.5 Å². The standard InChI is InChI=1S/C8H28O4Si5/c1-14(9-13)10-16(5,6)12-17(7,8)11-15(2,3)4/h14H,1-8,13H3. The van der Waals surface area contributed by atoms with E-state index in [4.69, 9.17) is 16.5 Å². The van der Waals surface area contributed by atoms with Gasteiger partial charge in [-0.1, -0.05) is 0 Å². The first kappa shape index (κ1) is 17.9. The Labute approximate surface area is 114 Å². The Bertz CT molecular complexity index is 241.